The summed E-state index contributed by atoms with van der Waals surface area (Å²) in [4.78, 5) is 29.1. The number of benzene rings is 1. The zero-order valence-electron chi connectivity index (χ0n) is 15.9. The van der Waals surface area contributed by atoms with Gasteiger partial charge in [0.25, 0.3) is 11.8 Å². The second kappa shape index (κ2) is 7.50. The number of carbonyl (C=O) groups is 2. The van der Waals surface area contributed by atoms with E-state index in [1.165, 1.54) is 0 Å². The van der Waals surface area contributed by atoms with E-state index in [0.29, 0.717) is 21.5 Å². The number of hydrogen-bond donors (Lipinski definition) is 2. The summed E-state index contributed by atoms with van der Waals surface area (Å²) in [5.41, 5.74) is 0.839. The molecule has 1 heterocycles. The van der Waals surface area contributed by atoms with Gasteiger partial charge in [0.05, 0.1) is 10.0 Å². The third kappa shape index (κ3) is 4.05. The van der Waals surface area contributed by atoms with E-state index in [1.54, 1.807) is 24.3 Å². The van der Waals surface area contributed by atoms with Crippen molar-refractivity contribution in [2.24, 2.45) is 0 Å². The van der Waals surface area contributed by atoms with Crippen molar-refractivity contribution < 1.29 is 14.3 Å². The SMILES string of the molecule is CCc1cccc(C(=O)NC23CC(NC(=O)COc4ccc(Cl)c(Cl)c4)(C2)C3)n1. The van der Waals surface area contributed by atoms with Crippen molar-refractivity contribution in [3.63, 3.8) is 0 Å². The molecule has 2 N–H and O–H groups in total. The Morgan fingerprint density at radius 2 is 1.79 bits per heavy atom. The number of rotatable bonds is 7. The summed E-state index contributed by atoms with van der Waals surface area (Å²) in [6.07, 6.45) is 2.94. The molecule has 0 atom stereocenters. The average molecular weight is 434 g/mol. The highest BCUT2D eigenvalue weighted by molar-refractivity contribution is 6.42. The fourth-order valence-electron chi connectivity index (χ4n) is 4.21. The highest BCUT2D eigenvalue weighted by atomic mass is 35.5. The number of aromatic nitrogens is 1. The van der Waals surface area contributed by atoms with Crippen molar-refractivity contribution in [1.82, 2.24) is 15.6 Å². The van der Waals surface area contributed by atoms with Crippen LogP contribution in [0.25, 0.3) is 0 Å². The van der Waals surface area contributed by atoms with E-state index < -0.39 is 0 Å². The molecule has 2 aromatic rings. The van der Waals surface area contributed by atoms with E-state index >= 15 is 0 Å². The van der Waals surface area contributed by atoms with Gasteiger partial charge in [-0.1, -0.05) is 36.2 Å². The van der Waals surface area contributed by atoms with Gasteiger partial charge in [0.2, 0.25) is 0 Å². The van der Waals surface area contributed by atoms with E-state index in [2.05, 4.69) is 15.6 Å². The number of amides is 2. The van der Waals surface area contributed by atoms with Gasteiger partial charge in [-0.25, -0.2) is 4.98 Å². The molecule has 3 aliphatic carbocycles. The summed E-state index contributed by atoms with van der Waals surface area (Å²) >= 11 is 11.8. The first-order chi connectivity index (χ1) is 13.8. The molecule has 0 unspecified atom stereocenters. The monoisotopic (exact) mass is 433 g/mol. The first-order valence-electron chi connectivity index (χ1n) is 9.49. The standard InChI is InChI=1S/C21H21Cl2N3O3/c1-2-13-4-3-5-17(24-13)19(28)26-21-10-20(11-21,12-21)25-18(27)9-29-14-6-7-15(22)16(23)8-14/h3-8H,2,9-12H2,1H3,(H,25,27)(H,26,28). The Morgan fingerprint density at radius 3 is 2.48 bits per heavy atom. The fraction of sp³-hybridized carbons (Fsp3) is 0.381. The van der Waals surface area contributed by atoms with E-state index in [0.717, 1.165) is 31.4 Å². The molecule has 2 bridgehead atoms. The fourth-order valence-corrected chi connectivity index (χ4v) is 4.50. The zero-order valence-corrected chi connectivity index (χ0v) is 17.4. The van der Waals surface area contributed by atoms with Crippen LogP contribution in [0.3, 0.4) is 0 Å². The third-order valence-corrected chi connectivity index (χ3v) is 6.22. The van der Waals surface area contributed by atoms with Crippen LogP contribution >= 0.6 is 23.2 Å². The van der Waals surface area contributed by atoms with Crippen LogP contribution in [0.2, 0.25) is 10.0 Å². The molecule has 8 heteroatoms. The summed E-state index contributed by atoms with van der Waals surface area (Å²) in [5.74, 6) is 0.119. The Hall–Kier alpha value is -2.31. The number of halogens is 2. The van der Waals surface area contributed by atoms with Gasteiger partial charge in [0.1, 0.15) is 11.4 Å². The second-order valence-electron chi connectivity index (χ2n) is 7.83. The van der Waals surface area contributed by atoms with Crippen molar-refractivity contribution in [3.8, 4) is 5.75 Å². The maximum absolute atomic E-state index is 12.5. The van der Waals surface area contributed by atoms with E-state index in [9.17, 15) is 9.59 Å². The first-order valence-corrected chi connectivity index (χ1v) is 10.2. The number of pyridine rings is 1. The minimum atomic E-state index is -0.246. The number of ether oxygens (including phenoxy) is 1. The minimum absolute atomic E-state index is 0.104. The molecule has 3 fully saturated rings. The van der Waals surface area contributed by atoms with Crippen molar-refractivity contribution in [3.05, 3.63) is 57.8 Å². The van der Waals surface area contributed by atoms with Gasteiger partial charge in [-0.05, 0) is 49.9 Å². The number of aryl methyl sites for hydroxylation is 1. The van der Waals surface area contributed by atoms with Crippen molar-refractivity contribution in [1.29, 1.82) is 0 Å². The highest BCUT2D eigenvalue weighted by Gasteiger charge is 2.69. The predicted octanol–water partition coefficient (Wildman–Crippen LogP) is 3.55. The summed E-state index contributed by atoms with van der Waals surface area (Å²) in [6, 6.07) is 10.3. The van der Waals surface area contributed by atoms with Gasteiger partial charge in [-0.15, -0.1) is 0 Å². The maximum atomic E-state index is 12.5. The molecule has 1 aromatic heterocycles. The lowest BCUT2D eigenvalue weighted by atomic mass is 9.44. The molecule has 3 saturated carbocycles. The molecule has 0 aliphatic heterocycles. The number of carbonyl (C=O) groups excluding carboxylic acids is 2. The Morgan fingerprint density at radius 1 is 1.07 bits per heavy atom. The molecule has 0 spiro atoms. The number of hydrogen-bond acceptors (Lipinski definition) is 4. The zero-order chi connectivity index (χ0) is 20.6. The lowest BCUT2D eigenvalue weighted by Gasteiger charge is -2.70. The largest absolute Gasteiger partial charge is 0.484 e. The van der Waals surface area contributed by atoms with E-state index in [1.807, 2.05) is 19.1 Å². The summed E-state index contributed by atoms with van der Waals surface area (Å²) in [5, 5.41) is 6.91. The lowest BCUT2D eigenvalue weighted by molar-refractivity contribution is -0.141. The molecular weight excluding hydrogens is 413 g/mol. The van der Waals surface area contributed by atoms with E-state index in [4.69, 9.17) is 27.9 Å². The Balaban J connectivity index is 1.24. The quantitative estimate of drug-likeness (QED) is 0.699. The minimum Gasteiger partial charge on any atom is -0.484 e. The molecule has 0 radical (unpaired) electrons. The molecule has 0 saturated heterocycles. The molecule has 2 amide bonds. The van der Waals surface area contributed by atoms with Crippen LogP contribution in [0.4, 0.5) is 0 Å². The maximum Gasteiger partial charge on any atom is 0.270 e. The predicted molar refractivity (Wildman–Crippen MR) is 110 cm³/mol. The summed E-state index contributed by atoms with van der Waals surface area (Å²) in [7, 11) is 0. The molecular formula is C21H21Cl2N3O3. The van der Waals surface area contributed by atoms with Crippen LogP contribution in [-0.2, 0) is 11.2 Å². The van der Waals surface area contributed by atoms with Gasteiger partial charge >= 0.3 is 0 Å². The number of nitrogens with zero attached hydrogens (tertiary/aromatic N) is 1. The topological polar surface area (TPSA) is 80.3 Å². The summed E-state index contributed by atoms with van der Waals surface area (Å²) in [6.45, 7) is 1.90. The van der Waals surface area contributed by atoms with Gasteiger partial charge in [0.15, 0.2) is 6.61 Å². The smallest absolute Gasteiger partial charge is 0.270 e. The molecule has 1 aromatic carbocycles. The van der Waals surface area contributed by atoms with Crippen molar-refractivity contribution in [2.75, 3.05) is 6.61 Å². The number of nitrogens with one attached hydrogen (secondary N) is 2. The highest BCUT2D eigenvalue weighted by Crippen LogP contribution is 2.60. The first kappa shape index (κ1) is 20.0. The Bertz CT molecular complexity index is 960. The van der Waals surface area contributed by atoms with E-state index in [-0.39, 0.29) is 29.5 Å². The molecule has 29 heavy (non-hydrogen) atoms. The normalized spacial score (nSPS) is 24.1. The van der Waals surface area contributed by atoms with Crippen LogP contribution in [0.5, 0.6) is 5.75 Å². The van der Waals surface area contributed by atoms with Crippen LogP contribution in [-0.4, -0.2) is 34.5 Å². The summed E-state index contributed by atoms with van der Waals surface area (Å²) < 4.78 is 5.47. The van der Waals surface area contributed by atoms with Crippen molar-refractivity contribution in [2.45, 2.75) is 43.7 Å². The van der Waals surface area contributed by atoms with Crippen LogP contribution in [0.1, 0.15) is 42.4 Å². The van der Waals surface area contributed by atoms with Gasteiger partial charge < -0.3 is 15.4 Å². The second-order valence-corrected chi connectivity index (χ2v) is 8.64. The third-order valence-electron chi connectivity index (χ3n) is 5.48. The van der Waals surface area contributed by atoms with Gasteiger partial charge in [0, 0.05) is 22.8 Å². The van der Waals surface area contributed by atoms with Gasteiger partial charge in [-0.3, -0.25) is 9.59 Å². The molecule has 152 valence electrons. The molecule has 5 rings (SSSR count). The van der Waals surface area contributed by atoms with Crippen LogP contribution < -0.4 is 15.4 Å². The average Bonchev–Trinajstić information content (AvgIpc) is 2.66. The van der Waals surface area contributed by atoms with Crippen LogP contribution in [0, 0.1) is 0 Å². The Kier molecular flexibility index (Phi) is 5.17. The Labute approximate surface area is 178 Å². The van der Waals surface area contributed by atoms with Crippen LogP contribution in [0.15, 0.2) is 36.4 Å². The lowest BCUT2D eigenvalue weighted by Crippen LogP contribution is -2.84. The molecule has 3 aliphatic rings. The van der Waals surface area contributed by atoms with Gasteiger partial charge in [-0.2, -0.15) is 0 Å². The molecule has 6 nitrogen and oxygen atoms in total. The van der Waals surface area contributed by atoms with Crippen molar-refractivity contribution >= 4 is 35.0 Å².